The minimum absolute atomic E-state index is 0.408. The number of thioether (sulfide) groups is 1. The lowest BCUT2D eigenvalue weighted by Gasteiger charge is -2.20. The minimum Gasteiger partial charge on any atom is -0.390 e. The van der Waals surface area contributed by atoms with E-state index in [1.807, 2.05) is 48.2 Å². The number of hydrogen-bond acceptors (Lipinski definition) is 3. The van der Waals surface area contributed by atoms with Gasteiger partial charge < -0.3 is 9.67 Å². The summed E-state index contributed by atoms with van der Waals surface area (Å²) in [5.74, 6) is 2.16. The Morgan fingerprint density at radius 1 is 1.00 bits per heavy atom. The minimum atomic E-state index is -0.408. The Hall–Kier alpha value is -0.910. The second kappa shape index (κ2) is 6.77. The molecule has 1 saturated heterocycles. The Balaban J connectivity index is 1.75. The lowest BCUT2D eigenvalue weighted by atomic mass is 10.1. The van der Waals surface area contributed by atoms with Gasteiger partial charge in [0.2, 0.25) is 0 Å². The standard InChI is InChI=1S/C18H18Cl2N2OS/c19-12-1-3-17-15(7-12)16-8-13(20)2-4-18(16)22(17)10-14(23)9-21-5-6-24-11-21/h1-4,7-8,14,23H,5-6,9-11H2. The number of aromatic nitrogens is 1. The van der Waals surface area contributed by atoms with E-state index in [-0.39, 0.29) is 0 Å². The molecule has 0 radical (unpaired) electrons. The van der Waals surface area contributed by atoms with Gasteiger partial charge in [0.1, 0.15) is 0 Å². The van der Waals surface area contributed by atoms with Gasteiger partial charge in [-0.05, 0) is 36.4 Å². The number of nitrogens with zero attached hydrogens (tertiary/aromatic N) is 2. The summed E-state index contributed by atoms with van der Waals surface area (Å²) in [5.41, 5.74) is 2.15. The van der Waals surface area contributed by atoms with Crippen LogP contribution < -0.4 is 0 Å². The predicted octanol–water partition coefficient (Wildman–Crippen LogP) is 4.47. The van der Waals surface area contributed by atoms with E-state index in [2.05, 4.69) is 9.47 Å². The molecule has 4 rings (SSSR count). The van der Waals surface area contributed by atoms with Crippen molar-refractivity contribution >= 4 is 56.8 Å². The molecule has 0 bridgehead atoms. The van der Waals surface area contributed by atoms with Gasteiger partial charge in [-0.3, -0.25) is 4.90 Å². The normalized spacial score (nSPS) is 17.1. The van der Waals surface area contributed by atoms with Crippen LogP contribution in [-0.2, 0) is 6.54 Å². The van der Waals surface area contributed by atoms with Gasteiger partial charge in [-0.2, -0.15) is 0 Å². The molecule has 1 N–H and O–H groups in total. The average molecular weight is 381 g/mol. The van der Waals surface area contributed by atoms with E-state index in [0.29, 0.717) is 23.1 Å². The monoisotopic (exact) mass is 380 g/mol. The molecule has 6 heteroatoms. The van der Waals surface area contributed by atoms with Gasteiger partial charge in [-0.1, -0.05) is 23.2 Å². The first kappa shape index (κ1) is 16.6. The molecular formula is C18H18Cl2N2OS. The molecule has 1 atom stereocenters. The van der Waals surface area contributed by atoms with E-state index in [1.54, 1.807) is 0 Å². The zero-order valence-corrected chi connectivity index (χ0v) is 15.4. The number of fused-ring (bicyclic) bond motifs is 3. The molecular weight excluding hydrogens is 363 g/mol. The Kier molecular flexibility index (Phi) is 4.67. The Morgan fingerprint density at radius 2 is 1.62 bits per heavy atom. The van der Waals surface area contributed by atoms with Crippen molar-refractivity contribution in [1.82, 2.24) is 9.47 Å². The summed E-state index contributed by atoms with van der Waals surface area (Å²) >= 11 is 14.3. The lowest BCUT2D eigenvalue weighted by molar-refractivity contribution is 0.114. The molecule has 24 heavy (non-hydrogen) atoms. The lowest BCUT2D eigenvalue weighted by Crippen LogP contribution is -2.32. The molecule has 1 aliphatic rings. The molecule has 2 aromatic carbocycles. The van der Waals surface area contributed by atoms with Crippen molar-refractivity contribution < 1.29 is 5.11 Å². The number of aliphatic hydroxyl groups excluding tert-OH is 1. The number of rotatable bonds is 4. The topological polar surface area (TPSA) is 28.4 Å². The van der Waals surface area contributed by atoms with Crippen LogP contribution in [0, 0.1) is 0 Å². The molecule has 1 aromatic heterocycles. The fraction of sp³-hybridized carbons (Fsp3) is 0.333. The number of hydrogen-bond donors (Lipinski definition) is 1. The van der Waals surface area contributed by atoms with Crippen molar-refractivity contribution in [3.05, 3.63) is 46.4 Å². The first-order chi connectivity index (χ1) is 11.6. The van der Waals surface area contributed by atoms with E-state index in [9.17, 15) is 5.11 Å². The molecule has 1 fully saturated rings. The summed E-state index contributed by atoms with van der Waals surface area (Å²) in [7, 11) is 0. The quantitative estimate of drug-likeness (QED) is 0.723. The van der Waals surface area contributed by atoms with Crippen LogP contribution in [0.15, 0.2) is 36.4 Å². The largest absolute Gasteiger partial charge is 0.390 e. The van der Waals surface area contributed by atoms with Crippen molar-refractivity contribution in [3.8, 4) is 0 Å². The van der Waals surface area contributed by atoms with Gasteiger partial charge in [0.05, 0.1) is 12.6 Å². The van der Waals surface area contributed by atoms with Crippen molar-refractivity contribution in [2.45, 2.75) is 12.6 Å². The number of aliphatic hydroxyl groups is 1. The summed E-state index contributed by atoms with van der Waals surface area (Å²) in [6.07, 6.45) is -0.408. The zero-order chi connectivity index (χ0) is 16.7. The third-order valence-electron chi connectivity index (χ3n) is 4.48. The molecule has 3 nitrogen and oxygen atoms in total. The Bertz CT molecular complexity index is 830. The molecule has 2 heterocycles. The van der Waals surface area contributed by atoms with E-state index in [0.717, 1.165) is 40.0 Å². The van der Waals surface area contributed by atoms with Gasteiger partial charge >= 0.3 is 0 Å². The third kappa shape index (κ3) is 3.14. The number of β-amino-alcohol motifs (C(OH)–C–C–N with tert-alkyl or cyclic N) is 1. The van der Waals surface area contributed by atoms with Crippen LogP contribution in [-0.4, -0.2) is 45.4 Å². The summed E-state index contributed by atoms with van der Waals surface area (Å²) in [6.45, 7) is 2.32. The fourth-order valence-electron chi connectivity index (χ4n) is 3.41. The van der Waals surface area contributed by atoms with Crippen molar-refractivity contribution in [2.24, 2.45) is 0 Å². The highest BCUT2D eigenvalue weighted by atomic mass is 35.5. The number of benzene rings is 2. The Morgan fingerprint density at radius 3 is 2.17 bits per heavy atom. The van der Waals surface area contributed by atoms with Gasteiger partial charge in [0.15, 0.2) is 0 Å². The summed E-state index contributed by atoms with van der Waals surface area (Å²) in [4.78, 5) is 2.30. The first-order valence-electron chi connectivity index (χ1n) is 7.97. The number of halogens is 2. The van der Waals surface area contributed by atoms with Crippen LogP contribution >= 0.6 is 35.0 Å². The predicted molar refractivity (Wildman–Crippen MR) is 104 cm³/mol. The summed E-state index contributed by atoms with van der Waals surface area (Å²) in [5, 5.41) is 14.1. The maximum Gasteiger partial charge on any atom is 0.0846 e. The van der Waals surface area contributed by atoms with Gasteiger partial charge in [-0.25, -0.2) is 0 Å². The van der Waals surface area contributed by atoms with Gasteiger partial charge in [0.25, 0.3) is 0 Å². The average Bonchev–Trinajstić information content (AvgIpc) is 3.15. The highest BCUT2D eigenvalue weighted by molar-refractivity contribution is 7.99. The van der Waals surface area contributed by atoms with Crippen molar-refractivity contribution in [1.29, 1.82) is 0 Å². The molecule has 0 amide bonds. The second-order valence-corrected chi connectivity index (χ2v) is 8.15. The van der Waals surface area contributed by atoms with E-state index >= 15 is 0 Å². The maximum atomic E-state index is 10.6. The molecule has 3 aromatic rings. The van der Waals surface area contributed by atoms with Crippen LogP contribution in [0.25, 0.3) is 21.8 Å². The van der Waals surface area contributed by atoms with E-state index in [1.165, 1.54) is 0 Å². The molecule has 0 spiro atoms. The third-order valence-corrected chi connectivity index (χ3v) is 5.97. The van der Waals surface area contributed by atoms with E-state index < -0.39 is 6.10 Å². The highest BCUT2D eigenvalue weighted by Gasteiger charge is 2.19. The van der Waals surface area contributed by atoms with Crippen LogP contribution in [0.4, 0.5) is 0 Å². The van der Waals surface area contributed by atoms with Crippen molar-refractivity contribution in [2.75, 3.05) is 24.7 Å². The zero-order valence-electron chi connectivity index (χ0n) is 13.1. The maximum absolute atomic E-state index is 10.6. The summed E-state index contributed by atoms with van der Waals surface area (Å²) < 4.78 is 2.17. The Labute approximate surface area is 155 Å². The summed E-state index contributed by atoms with van der Waals surface area (Å²) in [6, 6.07) is 11.8. The van der Waals surface area contributed by atoms with Gasteiger partial charge in [-0.15, -0.1) is 11.8 Å². The smallest absolute Gasteiger partial charge is 0.0846 e. The van der Waals surface area contributed by atoms with Crippen LogP contribution in [0.1, 0.15) is 0 Å². The molecule has 1 unspecified atom stereocenters. The molecule has 0 aliphatic carbocycles. The second-order valence-electron chi connectivity index (χ2n) is 6.20. The van der Waals surface area contributed by atoms with Gasteiger partial charge in [0, 0.05) is 56.6 Å². The molecule has 1 aliphatic heterocycles. The fourth-order valence-corrected chi connectivity index (χ4v) is 4.76. The van der Waals surface area contributed by atoms with Crippen molar-refractivity contribution in [3.63, 3.8) is 0 Å². The van der Waals surface area contributed by atoms with Crippen LogP contribution in [0.5, 0.6) is 0 Å². The SMILES string of the molecule is OC(CN1CCSC1)Cn1c2ccc(Cl)cc2c2cc(Cl)ccc21. The van der Waals surface area contributed by atoms with E-state index in [4.69, 9.17) is 23.2 Å². The van der Waals surface area contributed by atoms with Crippen LogP contribution in [0.3, 0.4) is 0 Å². The first-order valence-corrected chi connectivity index (χ1v) is 9.88. The molecule has 0 saturated carbocycles. The van der Waals surface area contributed by atoms with Crippen LogP contribution in [0.2, 0.25) is 10.0 Å². The molecule has 126 valence electrons. The highest BCUT2D eigenvalue weighted by Crippen LogP contribution is 2.33.